The first-order valence-corrected chi connectivity index (χ1v) is 8.62. The Morgan fingerprint density at radius 2 is 1.74 bits per heavy atom. The number of aromatic nitrogens is 4. The van der Waals surface area contributed by atoms with Gasteiger partial charge < -0.3 is 4.57 Å². The molecule has 0 bridgehead atoms. The fourth-order valence-electron chi connectivity index (χ4n) is 3.44. The summed E-state index contributed by atoms with van der Waals surface area (Å²) in [5, 5.41) is 5.73. The molecular formula is C21H18N4O2. The molecular weight excluding hydrogens is 340 g/mol. The van der Waals surface area contributed by atoms with E-state index in [0.717, 1.165) is 22.5 Å². The highest BCUT2D eigenvalue weighted by Crippen LogP contribution is 2.26. The van der Waals surface area contributed by atoms with E-state index in [2.05, 4.69) is 10.1 Å². The number of benzene rings is 1. The molecule has 0 saturated carbocycles. The zero-order valence-electron chi connectivity index (χ0n) is 15.3. The van der Waals surface area contributed by atoms with E-state index in [-0.39, 0.29) is 11.3 Å². The van der Waals surface area contributed by atoms with E-state index in [1.54, 1.807) is 43.6 Å². The second-order valence-electron chi connectivity index (χ2n) is 6.45. The molecule has 0 saturated heterocycles. The van der Waals surface area contributed by atoms with Crippen LogP contribution in [-0.2, 0) is 0 Å². The summed E-state index contributed by atoms with van der Waals surface area (Å²) in [5.74, 6) is 0.509. The van der Waals surface area contributed by atoms with Crippen LogP contribution in [0.15, 0.2) is 59.7 Å². The first-order chi connectivity index (χ1) is 13.0. The first-order valence-electron chi connectivity index (χ1n) is 8.62. The molecule has 0 N–H and O–H groups in total. The van der Waals surface area contributed by atoms with Crippen molar-refractivity contribution in [1.82, 2.24) is 19.3 Å². The molecule has 4 aromatic rings. The molecule has 134 valence electrons. The predicted octanol–water partition coefficient (Wildman–Crippen LogP) is 3.39. The number of fused-ring (bicyclic) bond motifs is 1. The highest BCUT2D eigenvalue weighted by molar-refractivity contribution is 5.94. The Morgan fingerprint density at radius 1 is 1.00 bits per heavy atom. The van der Waals surface area contributed by atoms with Crippen LogP contribution in [-0.4, -0.2) is 25.1 Å². The summed E-state index contributed by atoms with van der Waals surface area (Å²) in [6, 6.07) is 12.7. The van der Waals surface area contributed by atoms with Gasteiger partial charge in [0.15, 0.2) is 11.6 Å². The summed E-state index contributed by atoms with van der Waals surface area (Å²) in [6.45, 7) is 5.42. The molecule has 6 nitrogen and oxygen atoms in total. The van der Waals surface area contributed by atoms with Crippen LogP contribution in [0.3, 0.4) is 0 Å². The molecule has 0 fully saturated rings. The maximum Gasteiger partial charge on any atom is 0.282 e. The van der Waals surface area contributed by atoms with Gasteiger partial charge in [0.25, 0.3) is 5.56 Å². The van der Waals surface area contributed by atoms with Gasteiger partial charge in [0.1, 0.15) is 0 Å². The topological polar surface area (TPSA) is 69.8 Å². The summed E-state index contributed by atoms with van der Waals surface area (Å²) < 4.78 is 3.33. The number of carbonyl (C=O) groups is 1. The maximum absolute atomic E-state index is 13.1. The zero-order valence-corrected chi connectivity index (χ0v) is 15.3. The molecule has 1 aromatic carbocycles. The fraction of sp³-hybridized carbons (Fsp3) is 0.143. The predicted molar refractivity (Wildman–Crippen MR) is 104 cm³/mol. The van der Waals surface area contributed by atoms with Gasteiger partial charge >= 0.3 is 0 Å². The third-order valence-corrected chi connectivity index (χ3v) is 4.80. The molecule has 6 heteroatoms. The lowest BCUT2D eigenvalue weighted by molar-refractivity contribution is 0.101. The first kappa shape index (κ1) is 16.9. The van der Waals surface area contributed by atoms with Gasteiger partial charge in [-0.25, -0.2) is 4.98 Å². The average Bonchev–Trinajstić information content (AvgIpc) is 2.94. The molecule has 0 amide bonds. The van der Waals surface area contributed by atoms with Crippen molar-refractivity contribution >= 4 is 16.6 Å². The van der Waals surface area contributed by atoms with Crippen molar-refractivity contribution in [2.24, 2.45) is 0 Å². The number of nitrogens with zero attached hydrogens (tertiary/aromatic N) is 4. The van der Waals surface area contributed by atoms with Crippen molar-refractivity contribution in [3.05, 3.63) is 82.2 Å². The quantitative estimate of drug-likeness (QED) is 0.526. The number of hydrogen-bond donors (Lipinski definition) is 0. The van der Waals surface area contributed by atoms with Gasteiger partial charge in [0.2, 0.25) is 0 Å². The number of ketones is 1. The van der Waals surface area contributed by atoms with Gasteiger partial charge in [0, 0.05) is 34.2 Å². The third-order valence-electron chi connectivity index (χ3n) is 4.80. The van der Waals surface area contributed by atoms with Crippen molar-refractivity contribution in [2.75, 3.05) is 0 Å². The standard InChI is InChI=1S/C21H18N4O2/c1-13-18-12-23-25(19-6-4-5-11-22-19)21(27)20(18)14(2)24(13)17-9-7-16(8-10-17)15(3)26/h4-12H,1-3H3. The molecule has 3 heterocycles. The highest BCUT2D eigenvalue weighted by atomic mass is 16.1. The summed E-state index contributed by atoms with van der Waals surface area (Å²) in [7, 11) is 0. The van der Waals surface area contributed by atoms with E-state index in [9.17, 15) is 9.59 Å². The lowest BCUT2D eigenvalue weighted by Gasteiger charge is -2.09. The number of pyridine rings is 1. The molecule has 0 unspecified atom stereocenters. The number of carbonyl (C=O) groups excluding carboxylic acids is 1. The van der Waals surface area contributed by atoms with Gasteiger partial charge in [0.05, 0.1) is 11.6 Å². The maximum atomic E-state index is 13.1. The molecule has 0 atom stereocenters. The van der Waals surface area contributed by atoms with Gasteiger partial charge in [-0.3, -0.25) is 9.59 Å². The summed E-state index contributed by atoms with van der Waals surface area (Å²) >= 11 is 0. The smallest absolute Gasteiger partial charge is 0.282 e. The minimum atomic E-state index is -0.203. The van der Waals surface area contributed by atoms with E-state index < -0.39 is 0 Å². The van der Waals surface area contributed by atoms with Crippen LogP contribution < -0.4 is 5.56 Å². The van der Waals surface area contributed by atoms with Crippen molar-refractivity contribution in [2.45, 2.75) is 20.8 Å². The molecule has 0 aliphatic rings. The number of rotatable bonds is 3. The Kier molecular flexibility index (Phi) is 3.96. The molecule has 0 aliphatic heterocycles. The van der Waals surface area contributed by atoms with E-state index in [1.165, 1.54) is 4.68 Å². The number of Topliss-reactive ketones (excluding diaryl/α,β-unsaturated/α-hetero) is 1. The number of aryl methyl sites for hydroxylation is 2. The lowest BCUT2D eigenvalue weighted by atomic mass is 10.1. The van der Waals surface area contributed by atoms with E-state index in [4.69, 9.17) is 0 Å². The van der Waals surface area contributed by atoms with Crippen LogP contribution in [0.25, 0.3) is 22.3 Å². The van der Waals surface area contributed by atoms with E-state index in [0.29, 0.717) is 16.8 Å². The average molecular weight is 358 g/mol. The fourth-order valence-corrected chi connectivity index (χ4v) is 3.44. The van der Waals surface area contributed by atoms with Crippen LogP contribution in [0.1, 0.15) is 28.7 Å². The second-order valence-corrected chi connectivity index (χ2v) is 6.45. The van der Waals surface area contributed by atoms with Crippen molar-refractivity contribution in [1.29, 1.82) is 0 Å². The Hall–Kier alpha value is -3.54. The minimum absolute atomic E-state index is 0.0232. The van der Waals surface area contributed by atoms with Crippen LogP contribution in [0.5, 0.6) is 0 Å². The minimum Gasteiger partial charge on any atom is -0.317 e. The summed E-state index contributed by atoms with van der Waals surface area (Å²) in [4.78, 5) is 28.8. The largest absolute Gasteiger partial charge is 0.317 e. The molecule has 0 radical (unpaired) electrons. The van der Waals surface area contributed by atoms with Gasteiger partial charge in [-0.05, 0) is 57.2 Å². The number of hydrogen-bond acceptors (Lipinski definition) is 4. The van der Waals surface area contributed by atoms with Gasteiger partial charge in [-0.2, -0.15) is 9.78 Å². The second kappa shape index (κ2) is 6.32. The SMILES string of the molecule is CC(=O)c1ccc(-n2c(C)c3cnn(-c4ccccn4)c(=O)c3c2C)cc1. The molecule has 3 aromatic heterocycles. The van der Waals surface area contributed by atoms with Crippen molar-refractivity contribution in [3.8, 4) is 11.5 Å². The van der Waals surface area contributed by atoms with Crippen LogP contribution in [0.4, 0.5) is 0 Å². The Labute approximate surface area is 155 Å². The highest BCUT2D eigenvalue weighted by Gasteiger charge is 2.18. The molecule has 27 heavy (non-hydrogen) atoms. The van der Waals surface area contributed by atoms with E-state index in [1.807, 2.05) is 36.6 Å². The van der Waals surface area contributed by atoms with Crippen molar-refractivity contribution in [3.63, 3.8) is 0 Å². The van der Waals surface area contributed by atoms with E-state index >= 15 is 0 Å². The summed E-state index contributed by atoms with van der Waals surface area (Å²) in [5.41, 5.74) is 3.11. The summed E-state index contributed by atoms with van der Waals surface area (Å²) in [6.07, 6.45) is 3.34. The van der Waals surface area contributed by atoms with Gasteiger partial charge in [-0.1, -0.05) is 6.07 Å². The molecule has 0 spiro atoms. The van der Waals surface area contributed by atoms with Crippen molar-refractivity contribution < 1.29 is 4.79 Å². The monoisotopic (exact) mass is 358 g/mol. The Morgan fingerprint density at radius 3 is 2.37 bits per heavy atom. The van der Waals surface area contributed by atoms with Crippen LogP contribution >= 0.6 is 0 Å². The van der Waals surface area contributed by atoms with Crippen LogP contribution in [0, 0.1) is 13.8 Å². The third kappa shape index (κ3) is 2.66. The molecule has 4 rings (SSSR count). The Bertz CT molecular complexity index is 1220. The normalized spacial score (nSPS) is 11.1. The Balaban J connectivity index is 1.95. The van der Waals surface area contributed by atoms with Crippen LogP contribution in [0.2, 0.25) is 0 Å². The van der Waals surface area contributed by atoms with Gasteiger partial charge in [-0.15, -0.1) is 0 Å². The lowest BCUT2D eigenvalue weighted by Crippen LogP contribution is -2.21. The zero-order chi connectivity index (χ0) is 19.1. The molecule has 0 aliphatic carbocycles.